The van der Waals surface area contributed by atoms with Gasteiger partial charge in [0.05, 0.1) is 5.56 Å². The summed E-state index contributed by atoms with van der Waals surface area (Å²) < 4.78 is 351. The molecule has 1 N–H and O–H groups in total. The fourth-order valence-electron chi connectivity index (χ4n) is 3.37. The van der Waals surface area contributed by atoms with Gasteiger partial charge in [0.25, 0.3) is 0 Å². The van der Waals surface area contributed by atoms with Crippen LogP contribution >= 0.6 is 0 Å². The number of carbonyl (C=O) groups is 1. The second-order valence-corrected chi connectivity index (χ2v) is 9.24. The van der Waals surface area contributed by atoms with E-state index in [0.29, 0.717) is 0 Å². The first-order chi connectivity index (χ1) is 20.4. The van der Waals surface area contributed by atoms with E-state index in [4.69, 9.17) is 5.11 Å². The van der Waals surface area contributed by atoms with Crippen molar-refractivity contribution in [3.8, 4) is 0 Å². The summed E-state index contributed by atoms with van der Waals surface area (Å²) >= 11 is 0. The zero-order valence-electron chi connectivity index (χ0n) is 21.3. The van der Waals surface area contributed by atoms with E-state index in [9.17, 15) is 119 Å². The molecule has 0 fully saturated rings. The van der Waals surface area contributed by atoms with Crippen molar-refractivity contribution in [1.29, 1.82) is 0 Å². The molecule has 0 unspecified atom stereocenters. The molecule has 0 aliphatic carbocycles. The Morgan fingerprint density at radius 3 is 0.812 bits per heavy atom. The topological polar surface area (TPSA) is 37.3 Å². The van der Waals surface area contributed by atoms with Gasteiger partial charge in [0, 0.05) is 11.1 Å². The van der Waals surface area contributed by atoms with Crippen molar-refractivity contribution < 1.29 is 124 Å². The minimum Gasteiger partial charge on any atom is -0.478 e. The van der Waals surface area contributed by atoms with Crippen molar-refractivity contribution in [2.75, 3.05) is 0 Å². The van der Waals surface area contributed by atoms with Crippen molar-refractivity contribution >= 4 is 5.97 Å². The lowest BCUT2D eigenvalue weighted by atomic mass is 9.83. The van der Waals surface area contributed by atoms with Crippen LogP contribution in [0.2, 0.25) is 0 Å². The highest BCUT2D eigenvalue weighted by molar-refractivity contribution is 5.88. The van der Waals surface area contributed by atoms with Gasteiger partial charge in [0.1, 0.15) is 0 Å². The highest BCUT2D eigenvalue weighted by atomic mass is 19.4. The molecule has 0 aromatic heterocycles. The molecule has 0 saturated carbocycles. The van der Waals surface area contributed by atoms with E-state index in [1.54, 1.807) is 0 Å². The fourth-order valence-corrected chi connectivity index (χ4v) is 3.37. The molecule has 48 heavy (non-hydrogen) atoms. The largest absolute Gasteiger partial charge is 0.478 e. The van der Waals surface area contributed by atoms with Crippen LogP contribution < -0.4 is 0 Å². The highest BCUT2D eigenvalue weighted by Crippen LogP contribution is 2.65. The van der Waals surface area contributed by atoms with E-state index in [1.807, 2.05) is 0 Å². The summed E-state index contributed by atoms with van der Waals surface area (Å²) in [6.45, 7) is -0.883. The first-order valence-electron chi connectivity index (χ1n) is 10.7. The minimum atomic E-state index is -8.76. The molecule has 1 aromatic carbocycles. The lowest BCUT2D eigenvalue weighted by Crippen LogP contribution is -2.69. The van der Waals surface area contributed by atoms with Gasteiger partial charge in [-0.3, -0.25) is 0 Å². The van der Waals surface area contributed by atoms with E-state index in [1.165, 1.54) is 0 Å². The Kier molecular flexibility index (Phi) is 9.77. The van der Waals surface area contributed by atoms with Crippen molar-refractivity contribution in [3.05, 3.63) is 34.4 Å². The predicted molar refractivity (Wildman–Crippen MR) is 97.6 cm³/mol. The molecule has 0 aliphatic heterocycles. The van der Waals surface area contributed by atoms with Crippen LogP contribution in [0, 0.1) is 6.92 Å². The Balaban J connectivity index is 4.27. The van der Waals surface area contributed by atoms with Crippen LogP contribution in [0.4, 0.5) is 114 Å². The minimum absolute atomic E-state index is 0.883. The molecular weight excluding hydrogens is 766 g/mol. The summed E-state index contributed by atoms with van der Waals surface area (Å²) in [4.78, 5) is 11.1. The summed E-state index contributed by atoms with van der Waals surface area (Å²) in [5.74, 6) is -87.6. The number of benzene rings is 1. The number of aromatic carboxylic acids is 1. The van der Waals surface area contributed by atoms with E-state index in [-0.39, 0.29) is 0 Å². The van der Waals surface area contributed by atoms with Crippen LogP contribution in [0.5, 0.6) is 0 Å². The molecule has 0 spiro atoms. The third-order valence-electron chi connectivity index (χ3n) is 6.20. The Morgan fingerprint density at radius 1 is 0.417 bits per heavy atom. The van der Waals surface area contributed by atoms with Gasteiger partial charge >= 0.3 is 77.5 Å². The van der Waals surface area contributed by atoms with Crippen molar-refractivity contribution in [1.82, 2.24) is 0 Å². The quantitative estimate of drug-likeness (QED) is 0.228. The van der Waals surface area contributed by atoms with Crippen LogP contribution in [0.15, 0.2) is 12.1 Å². The van der Waals surface area contributed by atoms with Gasteiger partial charge in [0.15, 0.2) is 0 Å². The Bertz CT molecular complexity index is 1300. The van der Waals surface area contributed by atoms with Gasteiger partial charge in [-0.2, -0.15) is 114 Å². The molecule has 1 rings (SSSR count). The first kappa shape index (κ1) is 42.9. The first-order valence-corrected chi connectivity index (χ1v) is 10.7. The van der Waals surface area contributed by atoms with E-state index in [2.05, 4.69) is 0 Å². The third-order valence-corrected chi connectivity index (χ3v) is 6.20. The van der Waals surface area contributed by atoms with Crippen LogP contribution in [0.25, 0.3) is 0 Å². The summed E-state index contributed by atoms with van der Waals surface area (Å²) in [6.07, 6.45) is -16.0. The molecule has 0 amide bonds. The number of rotatable bonds is 11. The Labute approximate surface area is 244 Å². The molecule has 0 aliphatic rings. The molecular formula is C20H6F26O2. The third kappa shape index (κ3) is 5.32. The van der Waals surface area contributed by atoms with Crippen LogP contribution in [-0.4, -0.2) is 70.8 Å². The second kappa shape index (κ2) is 10.9. The van der Waals surface area contributed by atoms with Gasteiger partial charge < -0.3 is 5.11 Å². The van der Waals surface area contributed by atoms with Gasteiger partial charge in [0.2, 0.25) is 0 Å². The van der Waals surface area contributed by atoms with Crippen LogP contribution in [-0.2, 0) is 11.8 Å². The summed E-state index contributed by atoms with van der Waals surface area (Å²) in [6, 6.07) is -2.80. The van der Waals surface area contributed by atoms with Crippen molar-refractivity contribution in [3.63, 3.8) is 0 Å². The van der Waals surface area contributed by atoms with Crippen molar-refractivity contribution in [2.45, 2.75) is 78.5 Å². The molecule has 1 aromatic rings. The van der Waals surface area contributed by atoms with Gasteiger partial charge in [-0.15, -0.1) is 0 Å². The summed E-state index contributed by atoms with van der Waals surface area (Å²) in [7, 11) is 0. The fraction of sp³-hybridized carbons (Fsp3) is 0.650. The summed E-state index contributed by atoms with van der Waals surface area (Å²) in [5.41, 5.74) is -13.7. The predicted octanol–water partition coefficient (Wildman–Crippen LogP) is 10.1. The molecule has 28 heteroatoms. The number of carboxylic acids is 1. The highest BCUT2D eigenvalue weighted by Gasteiger charge is 2.92. The lowest BCUT2D eigenvalue weighted by molar-refractivity contribution is -0.442. The number of carboxylic acid groups (broad SMARTS) is 1. The maximum Gasteiger partial charge on any atom is 0.460 e. The summed E-state index contributed by atoms with van der Waals surface area (Å²) in [5, 5.41) is 8.78. The zero-order valence-corrected chi connectivity index (χ0v) is 21.3. The smallest absolute Gasteiger partial charge is 0.460 e. The number of halogens is 26. The number of hydrogen-bond donors (Lipinski definition) is 1. The SMILES string of the molecule is Cc1c(C(F)(F)C(F)(F)C(F)(F)C(F)(F)C(F)(F)C(F)(F)F)cc(C(=O)O)cc1C(F)(F)C(F)(F)C(F)(F)C(F)(F)C(F)(F)C(F)(F)F. The maximum absolute atomic E-state index is 14.7. The molecule has 0 bridgehead atoms. The molecule has 0 radical (unpaired) electrons. The second-order valence-electron chi connectivity index (χ2n) is 9.24. The molecule has 280 valence electrons. The lowest BCUT2D eigenvalue weighted by Gasteiger charge is -2.41. The average Bonchev–Trinajstić information content (AvgIpc) is 2.85. The molecule has 0 atom stereocenters. The molecule has 0 heterocycles. The van der Waals surface area contributed by atoms with E-state index < -0.39 is 119 Å². The number of alkyl halides is 26. The molecule has 0 saturated heterocycles. The van der Waals surface area contributed by atoms with E-state index >= 15 is 0 Å². The Morgan fingerprint density at radius 2 is 0.625 bits per heavy atom. The van der Waals surface area contributed by atoms with E-state index in [0.717, 1.165) is 0 Å². The van der Waals surface area contributed by atoms with Gasteiger partial charge in [-0.25, -0.2) is 4.79 Å². The standard InChI is InChI=1S/C20H6F26O2/c1-4-6(9(21,22)11(25,26)13(29,30)15(33,34)17(37,38)19(41,42)43)2-5(8(47)48)3-7(4)10(23,24)12(27,28)14(31,32)16(35,36)18(39,40)20(44,45)46/h2-3H,1H3,(H,47,48). The monoisotopic (exact) mass is 772 g/mol. The van der Waals surface area contributed by atoms with Crippen LogP contribution in [0.3, 0.4) is 0 Å². The van der Waals surface area contributed by atoms with Gasteiger partial charge in [-0.1, -0.05) is 0 Å². The number of hydrogen-bond acceptors (Lipinski definition) is 1. The van der Waals surface area contributed by atoms with Crippen molar-refractivity contribution in [2.24, 2.45) is 0 Å². The zero-order chi connectivity index (χ0) is 39.3. The maximum atomic E-state index is 14.7. The molecule has 2 nitrogen and oxygen atoms in total. The Hall–Kier alpha value is -3.13. The van der Waals surface area contributed by atoms with Gasteiger partial charge in [-0.05, 0) is 24.6 Å². The van der Waals surface area contributed by atoms with Crippen LogP contribution in [0.1, 0.15) is 27.0 Å². The normalized spacial score (nSPS) is 16.0. The average molecular weight is 772 g/mol.